The monoisotopic (exact) mass is 374 g/mol. The molecule has 24 heavy (non-hydrogen) atoms. The van der Waals surface area contributed by atoms with Crippen LogP contribution in [0.1, 0.15) is 12.8 Å². The van der Waals surface area contributed by atoms with E-state index in [0.29, 0.717) is 18.9 Å². The second-order valence-electron chi connectivity index (χ2n) is 5.92. The molecular formula is C17H27ClN2O3S. The van der Waals surface area contributed by atoms with Gasteiger partial charge in [-0.3, -0.25) is 4.79 Å². The molecule has 0 spiro atoms. The number of hydrogen-bond acceptors (Lipinski definition) is 5. The van der Waals surface area contributed by atoms with E-state index < -0.39 is 0 Å². The number of ether oxygens (including phenoxy) is 2. The molecule has 0 saturated carbocycles. The molecule has 1 aromatic rings. The molecule has 0 bridgehead atoms. The molecule has 1 aliphatic rings. The van der Waals surface area contributed by atoms with Gasteiger partial charge in [0.2, 0.25) is 5.91 Å². The summed E-state index contributed by atoms with van der Waals surface area (Å²) < 4.78 is 10.5. The van der Waals surface area contributed by atoms with Gasteiger partial charge in [0.1, 0.15) is 5.75 Å². The van der Waals surface area contributed by atoms with Gasteiger partial charge in [-0.05, 0) is 50.2 Å². The third-order valence-corrected chi connectivity index (χ3v) is 5.22. The molecule has 1 fully saturated rings. The first-order valence-electron chi connectivity index (χ1n) is 7.91. The van der Waals surface area contributed by atoms with Crippen LogP contribution < -0.4 is 15.4 Å². The standard InChI is InChI=1S/C17H26N2O3S.ClH/c1-21-13-17(7-9-18-10-8-17)12-19-16(20)11-23-15-5-3-14(22-2)4-6-15;/h3-6,18H,7-13H2,1-2H3,(H,19,20);1H. The Hall–Kier alpha value is -0.950. The van der Waals surface area contributed by atoms with E-state index in [1.807, 2.05) is 24.3 Å². The molecule has 2 N–H and O–H groups in total. The van der Waals surface area contributed by atoms with Crippen molar-refractivity contribution < 1.29 is 14.3 Å². The Labute approximate surface area is 154 Å². The van der Waals surface area contributed by atoms with Crippen molar-refractivity contribution in [1.29, 1.82) is 0 Å². The van der Waals surface area contributed by atoms with Gasteiger partial charge in [-0.2, -0.15) is 0 Å². The molecule has 2 rings (SSSR count). The summed E-state index contributed by atoms with van der Waals surface area (Å²) in [4.78, 5) is 13.2. The maximum atomic E-state index is 12.1. The van der Waals surface area contributed by atoms with Crippen LogP contribution in [0.3, 0.4) is 0 Å². The molecule has 1 aromatic carbocycles. The van der Waals surface area contributed by atoms with Crippen molar-refractivity contribution >= 4 is 30.1 Å². The van der Waals surface area contributed by atoms with Crippen molar-refractivity contribution in [3.05, 3.63) is 24.3 Å². The zero-order valence-corrected chi connectivity index (χ0v) is 15.9. The van der Waals surface area contributed by atoms with Gasteiger partial charge < -0.3 is 20.1 Å². The second-order valence-corrected chi connectivity index (χ2v) is 6.97. The number of hydrogen-bond donors (Lipinski definition) is 2. The predicted molar refractivity (Wildman–Crippen MR) is 100 cm³/mol. The van der Waals surface area contributed by atoms with E-state index in [-0.39, 0.29) is 23.7 Å². The third-order valence-electron chi connectivity index (χ3n) is 4.20. The van der Waals surface area contributed by atoms with Gasteiger partial charge in [0, 0.05) is 24.0 Å². The molecule has 0 aromatic heterocycles. The van der Waals surface area contributed by atoms with Crippen LogP contribution in [0.25, 0.3) is 0 Å². The summed E-state index contributed by atoms with van der Waals surface area (Å²) in [5.41, 5.74) is 0.0699. The third kappa shape index (κ3) is 6.51. The normalized spacial score (nSPS) is 16.1. The molecule has 136 valence electrons. The van der Waals surface area contributed by atoms with E-state index in [2.05, 4.69) is 10.6 Å². The lowest BCUT2D eigenvalue weighted by Crippen LogP contribution is -2.47. The van der Waals surface area contributed by atoms with Crippen molar-refractivity contribution in [3.63, 3.8) is 0 Å². The van der Waals surface area contributed by atoms with Crippen LogP contribution in [0.15, 0.2) is 29.2 Å². The molecule has 0 unspecified atom stereocenters. The number of benzene rings is 1. The van der Waals surface area contributed by atoms with Crippen LogP contribution in [0.4, 0.5) is 0 Å². The summed E-state index contributed by atoms with van der Waals surface area (Å²) in [6.07, 6.45) is 2.07. The molecule has 5 nitrogen and oxygen atoms in total. The minimum absolute atomic E-state index is 0. The van der Waals surface area contributed by atoms with Crippen LogP contribution >= 0.6 is 24.2 Å². The van der Waals surface area contributed by atoms with Gasteiger partial charge in [0.15, 0.2) is 0 Å². The van der Waals surface area contributed by atoms with Crippen LogP contribution in [0.5, 0.6) is 5.75 Å². The first-order chi connectivity index (χ1) is 11.2. The van der Waals surface area contributed by atoms with Gasteiger partial charge in [-0.25, -0.2) is 0 Å². The number of nitrogens with one attached hydrogen (secondary N) is 2. The number of rotatable bonds is 8. The number of methoxy groups -OCH3 is 2. The number of carbonyl (C=O) groups excluding carboxylic acids is 1. The first kappa shape index (κ1) is 21.1. The maximum Gasteiger partial charge on any atom is 0.230 e. The van der Waals surface area contributed by atoms with E-state index in [1.165, 1.54) is 11.8 Å². The van der Waals surface area contributed by atoms with Crippen LogP contribution in [0, 0.1) is 5.41 Å². The van der Waals surface area contributed by atoms with Crippen molar-refractivity contribution in [1.82, 2.24) is 10.6 Å². The van der Waals surface area contributed by atoms with Gasteiger partial charge in [0.25, 0.3) is 0 Å². The van der Waals surface area contributed by atoms with Crippen molar-refractivity contribution in [2.75, 3.05) is 46.2 Å². The summed E-state index contributed by atoms with van der Waals surface area (Å²) in [6.45, 7) is 3.35. The zero-order valence-electron chi connectivity index (χ0n) is 14.3. The first-order valence-corrected chi connectivity index (χ1v) is 8.89. The van der Waals surface area contributed by atoms with E-state index >= 15 is 0 Å². The van der Waals surface area contributed by atoms with Crippen LogP contribution in [0.2, 0.25) is 0 Å². The average molecular weight is 375 g/mol. The minimum Gasteiger partial charge on any atom is -0.497 e. The van der Waals surface area contributed by atoms with E-state index in [1.54, 1.807) is 14.2 Å². The Kier molecular flexibility index (Phi) is 9.51. The summed E-state index contributed by atoms with van der Waals surface area (Å²) >= 11 is 1.54. The van der Waals surface area contributed by atoms with Crippen molar-refractivity contribution in [2.24, 2.45) is 5.41 Å². The molecule has 1 amide bonds. The van der Waals surface area contributed by atoms with Gasteiger partial charge in [0.05, 0.1) is 19.5 Å². The van der Waals surface area contributed by atoms with Crippen molar-refractivity contribution in [2.45, 2.75) is 17.7 Å². The highest BCUT2D eigenvalue weighted by molar-refractivity contribution is 8.00. The zero-order chi connectivity index (χ0) is 16.5. The van der Waals surface area contributed by atoms with Crippen molar-refractivity contribution in [3.8, 4) is 5.75 Å². The number of amides is 1. The largest absolute Gasteiger partial charge is 0.497 e. The SMILES string of the molecule is COCC1(CNC(=O)CSc2ccc(OC)cc2)CCNCC1.Cl. The highest BCUT2D eigenvalue weighted by Gasteiger charge is 2.32. The maximum absolute atomic E-state index is 12.1. The van der Waals surface area contributed by atoms with Gasteiger partial charge in [-0.15, -0.1) is 24.2 Å². The lowest BCUT2D eigenvalue weighted by atomic mass is 9.79. The summed E-state index contributed by atoms with van der Waals surface area (Å²) in [6, 6.07) is 7.75. The van der Waals surface area contributed by atoms with E-state index in [4.69, 9.17) is 9.47 Å². The van der Waals surface area contributed by atoms with Gasteiger partial charge in [-0.1, -0.05) is 0 Å². The Bertz CT molecular complexity index is 488. The number of halogens is 1. The Morgan fingerprint density at radius 1 is 1.25 bits per heavy atom. The summed E-state index contributed by atoms with van der Waals surface area (Å²) in [5, 5.41) is 6.44. The Morgan fingerprint density at radius 2 is 1.92 bits per heavy atom. The molecule has 0 aliphatic carbocycles. The molecule has 1 aliphatic heterocycles. The highest BCUT2D eigenvalue weighted by Crippen LogP contribution is 2.28. The molecule has 1 saturated heterocycles. The summed E-state index contributed by atoms with van der Waals surface area (Å²) in [5.74, 6) is 1.32. The fraction of sp³-hybridized carbons (Fsp3) is 0.588. The fourth-order valence-corrected chi connectivity index (χ4v) is 3.52. The Balaban J connectivity index is 0.00000288. The van der Waals surface area contributed by atoms with Gasteiger partial charge >= 0.3 is 0 Å². The lowest BCUT2D eigenvalue weighted by Gasteiger charge is -2.37. The van der Waals surface area contributed by atoms with E-state index in [9.17, 15) is 4.79 Å². The molecule has 0 atom stereocenters. The molecule has 7 heteroatoms. The second kappa shape index (κ2) is 10.8. The number of carbonyl (C=O) groups is 1. The van der Waals surface area contributed by atoms with E-state index in [0.717, 1.165) is 36.6 Å². The number of thioether (sulfide) groups is 1. The lowest BCUT2D eigenvalue weighted by molar-refractivity contribution is -0.119. The molecular weight excluding hydrogens is 348 g/mol. The highest BCUT2D eigenvalue weighted by atomic mass is 35.5. The predicted octanol–water partition coefficient (Wildman–Crippen LogP) is 2.34. The van der Waals surface area contributed by atoms with Crippen LogP contribution in [-0.4, -0.2) is 52.1 Å². The number of piperidine rings is 1. The van der Waals surface area contributed by atoms with Crippen LogP contribution in [-0.2, 0) is 9.53 Å². The quantitative estimate of drug-likeness (QED) is 0.684. The Morgan fingerprint density at radius 3 is 2.50 bits per heavy atom. The molecule has 1 heterocycles. The smallest absolute Gasteiger partial charge is 0.230 e. The summed E-state index contributed by atoms with van der Waals surface area (Å²) in [7, 11) is 3.37. The fourth-order valence-electron chi connectivity index (χ4n) is 2.79. The topological polar surface area (TPSA) is 59.6 Å². The minimum atomic E-state index is 0. The molecule has 0 radical (unpaired) electrons. The average Bonchev–Trinajstić information content (AvgIpc) is 2.60.